The third-order valence-corrected chi connectivity index (χ3v) is 4.11. The first-order valence-corrected chi connectivity index (χ1v) is 8.24. The largest absolute Gasteiger partial charge is 0.370 e. The number of aromatic nitrogens is 2. The molecule has 1 saturated heterocycles. The maximum Gasteiger partial charge on any atom is 0.137 e. The van der Waals surface area contributed by atoms with Crippen LogP contribution in [0.4, 0.5) is 11.6 Å². The second-order valence-electron chi connectivity index (χ2n) is 5.92. The summed E-state index contributed by atoms with van der Waals surface area (Å²) in [6.07, 6.45) is 3.84. The number of anilines is 2. The van der Waals surface area contributed by atoms with Gasteiger partial charge in [-0.05, 0) is 27.2 Å². The molecule has 0 aliphatic carbocycles. The van der Waals surface area contributed by atoms with Crippen molar-refractivity contribution in [2.24, 2.45) is 0 Å². The van der Waals surface area contributed by atoms with Crippen molar-refractivity contribution in [3.05, 3.63) is 11.9 Å². The Hall–Kier alpha value is -1.36. The van der Waals surface area contributed by atoms with Crippen LogP contribution in [0.25, 0.3) is 0 Å². The summed E-state index contributed by atoms with van der Waals surface area (Å²) < 4.78 is 0. The van der Waals surface area contributed by atoms with Crippen LogP contribution in [0.5, 0.6) is 0 Å². The number of nitrogens with one attached hydrogen (secondary N) is 1. The SMILES string of the molecule is CCCc1c(NCC)ncnc1N1CCN(C(C)C)CC1. The fourth-order valence-corrected chi connectivity index (χ4v) is 2.93. The van der Waals surface area contributed by atoms with E-state index in [1.165, 1.54) is 5.56 Å². The highest BCUT2D eigenvalue weighted by Crippen LogP contribution is 2.26. The Morgan fingerprint density at radius 2 is 1.86 bits per heavy atom. The van der Waals surface area contributed by atoms with Gasteiger partial charge in [0.1, 0.15) is 18.0 Å². The van der Waals surface area contributed by atoms with Crippen LogP contribution in [-0.4, -0.2) is 53.6 Å². The van der Waals surface area contributed by atoms with Crippen molar-refractivity contribution < 1.29 is 0 Å². The molecule has 0 aromatic carbocycles. The van der Waals surface area contributed by atoms with Gasteiger partial charge in [-0.1, -0.05) is 13.3 Å². The lowest BCUT2D eigenvalue weighted by atomic mass is 10.1. The minimum absolute atomic E-state index is 0.630. The first kappa shape index (κ1) is 16.0. The monoisotopic (exact) mass is 291 g/mol. The van der Waals surface area contributed by atoms with Crippen molar-refractivity contribution in [2.45, 2.75) is 46.6 Å². The van der Waals surface area contributed by atoms with E-state index in [0.717, 1.165) is 57.2 Å². The molecule has 118 valence electrons. The maximum absolute atomic E-state index is 4.59. The van der Waals surface area contributed by atoms with Gasteiger partial charge in [-0.15, -0.1) is 0 Å². The Balaban J connectivity index is 2.17. The molecule has 0 saturated carbocycles. The zero-order chi connectivity index (χ0) is 15.2. The lowest BCUT2D eigenvalue weighted by Gasteiger charge is -2.38. The molecular weight excluding hydrogens is 262 g/mol. The zero-order valence-electron chi connectivity index (χ0n) is 13.9. The smallest absolute Gasteiger partial charge is 0.137 e. The van der Waals surface area contributed by atoms with E-state index in [0.29, 0.717) is 6.04 Å². The van der Waals surface area contributed by atoms with Crippen LogP contribution in [0.2, 0.25) is 0 Å². The molecule has 0 amide bonds. The minimum Gasteiger partial charge on any atom is -0.370 e. The molecule has 21 heavy (non-hydrogen) atoms. The van der Waals surface area contributed by atoms with Crippen LogP contribution in [0.1, 0.15) is 39.7 Å². The molecule has 0 radical (unpaired) electrons. The highest BCUT2D eigenvalue weighted by Gasteiger charge is 2.22. The Bertz CT molecular complexity index is 438. The van der Waals surface area contributed by atoms with E-state index in [2.05, 4.69) is 52.8 Å². The summed E-state index contributed by atoms with van der Waals surface area (Å²) in [4.78, 5) is 14.0. The molecule has 2 rings (SSSR count). The molecular formula is C16H29N5. The third kappa shape index (κ3) is 3.84. The highest BCUT2D eigenvalue weighted by molar-refractivity contribution is 5.59. The molecule has 1 N–H and O–H groups in total. The van der Waals surface area contributed by atoms with Gasteiger partial charge in [-0.3, -0.25) is 4.90 Å². The molecule has 0 bridgehead atoms. The maximum atomic E-state index is 4.59. The summed E-state index contributed by atoms with van der Waals surface area (Å²) in [5.74, 6) is 2.14. The van der Waals surface area contributed by atoms with Gasteiger partial charge in [-0.2, -0.15) is 0 Å². The Morgan fingerprint density at radius 3 is 2.43 bits per heavy atom. The Kier molecular flexibility index (Phi) is 5.79. The molecule has 1 fully saturated rings. The van der Waals surface area contributed by atoms with E-state index in [4.69, 9.17) is 0 Å². The van der Waals surface area contributed by atoms with Gasteiger partial charge in [0.25, 0.3) is 0 Å². The van der Waals surface area contributed by atoms with Crippen molar-refractivity contribution in [3.8, 4) is 0 Å². The Morgan fingerprint density at radius 1 is 1.14 bits per heavy atom. The third-order valence-electron chi connectivity index (χ3n) is 4.11. The molecule has 0 spiro atoms. The van der Waals surface area contributed by atoms with E-state index in [1.807, 2.05) is 0 Å². The van der Waals surface area contributed by atoms with Crippen LogP contribution in [0.3, 0.4) is 0 Å². The van der Waals surface area contributed by atoms with Gasteiger partial charge < -0.3 is 10.2 Å². The Labute approximate surface area is 128 Å². The number of nitrogens with zero attached hydrogens (tertiary/aromatic N) is 4. The summed E-state index contributed by atoms with van der Waals surface area (Å²) in [5.41, 5.74) is 1.28. The lowest BCUT2D eigenvalue weighted by Crippen LogP contribution is -2.49. The van der Waals surface area contributed by atoms with Crippen LogP contribution < -0.4 is 10.2 Å². The second-order valence-corrected chi connectivity index (χ2v) is 5.92. The molecule has 1 aromatic heterocycles. The summed E-state index contributed by atoms with van der Waals surface area (Å²) in [5, 5.41) is 3.38. The van der Waals surface area contributed by atoms with Gasteiger partial charge in [0.2, 0.25) is 0 Å². The van der Waals surface area contributed by atoms with Crippen LogP contribution in [0, 0.1) is 0 Å². The highest BCUT2D eigenvalue weighted by atomic mass is 15.3. The van der Waals surface area contributed by atoms with Gasteiger partial charge in [-0.25, -0.2) is 9.97 Å². The standard InChI is InChI=1S/C16H29N5/c1-5-7-14-15(17-6-2)18-12-19-16(14)21-10-8-20(9-11-21)13(3)4/h12-13H,5-11H2,1-4H3,(H,17,18,19). The first-order valence-electron chi connectivity index (χ1n) is 8.24. The van der Waals surface area contributed by atoms with E-state index in [-0.39, 0.29) is 0 Å². The molecule has 1 aliphatic heterocycles. The number of hydrogen-bond donors (Lipinski definition) is 1. The van der Waals surface area contributed by atoms with Crippen molar-refractivity contribution in [3.63, 3.8) is 0 Å². The quantitative estimate of drug-likeness (QED) is 0.872. The summed E-state index contributed by atoms with van der Waals surface area (Å²) in [7, 11) is 0. The fraction of sp³-hybridized carbons (Fsp3) is 0.750. The van der Waals surface area contributed by atoms with Crippen LogP contribution in [0.15, 0.2) is 6.33 Å². The van der Waals surface area contributed by atoms with Crippen molar-refractivity contribution in [1.29, 1.82) is 0 Å². The molecule has 1 aliphatic rings. The molecule has 5 nitrogen and oxygen atoms in total. The molecule has 0 unspecified atom stereocenters. The molecule has 1 aromatic rings. The number of hydrogen-bond acceptors (Lipinski definition) is 5. The first-order chi connectivity index (χ1) is 10.2. The lowest BCUT2D eigenvalue weighted by molar-refractivity contribution is 0.209. The predicted molar refractivity (Wildman–Crippen MR) is 89.1 cm³/mol. The van der Waals surface area contributed by atoms with E-state index in [9.17, 15) is 0 Å². The number of piperazine rings is 1. The van der Waals surface area contributed by atoms with Gasteiger partial charge in [0, 0.05) is 44.3 Å². The van der Waals surface area contributed by atoms with Gasteiger partial charge in [0.15, 0.2) is 0 Å². The average molecular weight is 291 g/mol. The molecule has 2 heterocycles. The van der Waals surface area contributed by atoms with E-state index >= 15 is 0 Å². The van der Waals surface area contributed by atoms with Crippen LogP contribution in [-0.2, 0) is 6.42 Å². The normalized spacial score (nSPS) is 16.5. The van der Waals surface area contributed by atoms with Crippen molar-refractivity contribution in [2.75, 3.05) is 42.9 Å². The zero-order valence-corrected chi connectivity index (χ0v) is 13.9. The van der Waals surface area contributed by atoms with Gasteiger partial charge >= 0.3 is 0 Å². The molecule has 0 atom stereocenters. The van der Waals surface area contributed by atoms with Crippen molar-refractivity contribution >= 4 is 11.6 Å². The van der Waals surface area contributed by atoms with Gasteiger partial charge in [0.05, 0.1) is 0 Å². The topological polar surface area (TPSA) is 44.3 Å². The fourth-order valence-electron chi connectivity index (χ4n) is 2.93. The number of rotatable bonds is 6. The van der Waals surface area contributed by atoms with Crippen LogP contribution >= 0.6 is 0 Å². The summed E-state index contributed by atoms with van der Waals surface area (Å²) in [6, 6.07) is 0.630. The summed E-state index contributed by atoms with van der Waals surface area (Å²) >= 11 is 0. The van der Waals surface area contributed by atoms with E-state index in [1.54, 1.807) is 6.33 Å². The minimum atomic E-state index is 0.630. The summed E-state index contributed by atoms with van der Waals surface area (Å²) in [6.45, 7) is 14.1. The second kappa shape index (κ2) is 7.59. The predicted octanol–water partition coefficient (Wildman–Crippen LogP) is 2.39. The molecule has 5 heteroatoms. The average Bonchev–Trinajstić information content (AvgIpc) is 2.49. The van der Waals surface area contributed by atoms with Crippen molar-refractivity contribution in [1.82, 2.24) is 14.9 Å². The van der Waals surface area contributed by atoms with E-state index < -0.39 is 0 Å².